The van der Waals surface area contributed by atoms with Gasteiger partial charge in [-0.15, -0.1) is 0 Å². The topological polar surface area (TPSA) is 105 Å². The van der Waals surface area contributed by atoms with Gasteiger partial charge in [-0.25, -0.2) is 8.42 Å². The van der Waals surface area contributed by atoms with Gasteiger partial charge in [0.1, 0.15) is 12.6 Å². The van der Waals surface area contributed by atoms with Gasteiger partial charge in [0.2, 0.25) is 28.6 Å². The molecule has 11 heteroatoms. The Morgan fingerprint density at radius 3 is 2.44 bits per heavy atom. The molecule has 1 aliphatic rings. The molecule has 3 rings (SSSR count). The number of hydrogen-bond acceptors (Lipinski definition) is 6. The summed E-state index contributed by atoms with van der Waals surface area (Å²) in [4.78, 5) is 27.6. The predicted octanol–water partition coefficient (Wildman–Crippen LogP) is 2.89. The number of benzene rings is 2. The summed E-state index contributed by atoms with van der Waals surface area (Å²) in [5.41, 5.74) is 1.08. The Morgan fingerprint density at radius 1 is 1.12 bits per heavy atom. The number of carbonyl (C=O) groups excluding carboxylic acids is 2. The van der Waals surface area contributed by atoms with E-state index in [2.05, 4.69) is 21.2 Å². The van der Waals surface area contributed by atoms with Gasteiger partial charge in [0.05, 0.1) is 11.9 Å². The smallest absolute Gasteiger partial charge is 0.244 e. The van der Waals surface area contributed by atoms with Crippen molar-refractivity contribution in [2.75, 3.05) is 30.4 Å². The first-order chi connectivity index (χ1) is 16.1. The number of halogens is 1. The summed E-state index contributed by atoms with van der Waals surface area (Å²) in [6.45, 7) is 3.77. The van der Waals surface area contributed by atoms with Gasteiger partial charge in [-0.1, -0.05) is 35.0 Å². The largest absolute Gasteiger partial charge is 0.454 e. The van der Waals surface area contributed by atoms with Crippen LogP contribution in [0.5, 0.6) is 11.5 Å². The molecule has 0 radical (unpaired) electrons. The quantitative estimate of drug-likeness (QED) is 0.485. The van der Waals surface area contributed by atoms with Gasteiger partial charge in [-0.2, -0.15) is 0 Å². The summed E-state index contributed by atoms with van der Waals surface area (Å²) in [7, 11) is -3.82. The highest BCUT2D eigenvalue weighted by molar-refractivity contribution is 9.10. The maximum atomic E-state index is 13.5. The van der Waals surface area contributed by atoms with E-state index < -0.39 is 28.5 Å². The van der Waals surface area contributed by atoms with Gasteiger partial charge in [-0.05, 0) is 43.2 Å². The summed E-state index contributed by atoms with van der Waals surface area (Å²) in [6, 6.07) is 11.2. The molecule has 1 N–H and O–H groups in total. The molecule has 1 aliphatic heterocycles. The summed E-state index contributed by atoms with van der Waals surface area (Å²) in [6.07, 6.45) is 1.78. The van der Waals surface area contributed by atoms with Crippen molar-refractivity contribution in [3.63, 3.8) is 0 Å². The van der Waals surface area contributed by atoms with Gasteiger partial charge in [-0.3, -0.25) is 13.9 Å². The molecule has 184 valence electrons. The van der Waals surface area contributed by atoms with Crippen LogP contribution in [0, 0.1) is 0 Å². The highest BCUT2D eigenvalue weighted by Crippen LogP contribution is 2.36. The average Bonchev–Trinajstić information content (AvgIpc) is 3.27. The summed E-state index contributed by atoms with van der Waals surface area (Å²) >= 11 is 3.39. The Morgan fingerprint density at radius 2 is 1.79 bits per heavy atom. The molecule has 0 aromatic heterocycles. The normalized spacial score (nSPS) is 13.3. The lowest BCUT2D eigenvalue weighted by Crippen LogP contribution is -2.51. The Hall–Kier alpha value is -2.79. The number of nitrogens with zero attached hydrogens (tertiary/aromatic N) is 2. The van der Waals surface area contributed by atoms with Crippen LogP contribution in [-0.4, -0.2) is 57.3 Å². The highest BCUT2D eigenvalue weighted by atomic mass is 79.9. The number of ether oxygens (including phenoxy) is 2. The Kier molecular flexibility index (Phi) is 8.42. The maximum absolute atomic E-state index is 13.5. The molecule has 2 amide bonds. The zero-order chi connectivity index (χ0) is 24.9. The van der Waals surface area contributed by atoms with Gasteiger partial charge >= 0.3 is 0 Å². The van der Waals surface area contributed by atoms with Crippen LogP contribution in [0.25, 0.3) is 0 Å². The van der Waals surface area contributed by atoms with Crippen molar-refractivity contribution in [3.05, 3.63) is 52.5 Å². The van der Waals surface area contributed by atoms with Gasteiger partial charge < -0.3 is 19.7 Å². The molecule has 0 bridgehead atoms. The summed E-state index contributed by atoms with van der Waals surface area (Å²) in [5.74, 6) is 0.0886. The lowest BCUT2D eigenvalue weighted by molar-refractivity contribution is -0.139. The lowest BCUT2D eigenvalue weighted by Gasteiger charge is -2.31. The minimum absolute atomic E-state index is 0.0436. The van der Waals surface area contributed by atoms with Crippen LogP contribution in [0.2, 0.25) is 0 Å². The lowest BCUT2D eigenvalue weighted by atomic mass is 10.1. The van der Waals surface area contributed by atoms with Crippen LogP contribution in [0.15, 0.2) is 46.9 Å². The molecule has 9 nitrogen and oxygen atoms in total. The third-order valence-electron chi connectivity index (χ3n) is 5.31. The molecular formula is C23H28BrN3O6S. The van der Waals surface area contributed by atoms with E-state index in [0.29, 0.717) is 18.0 Å². The Bertz CT molecular complexity index is 1140. The van der Waals surface area contributed by atoms with Crippen molar-refractivity contribution >= 4 is 43.5 Å². The molecule has 34 heavy (non-hydrogen) atoms. The molecule has 0 aliphatic carbocycles. The Labute approximate surface area is 208 Å². The van der Waals surface area contributed by atoms with Crippen molar-refractivity contribution in [1.29, 1.82) is 0 Å². The van der Waals surface area contributed by atoms with Crippen molar-refractivity contribution in [1.82, 2.24) is 10.2 Å². The SMILES string of the molecule is CCCNC(=O)C(C)N(Cc1ccc(Br)cc1)C(=O)CN(c1ccc2c(c1)OCO2)S(C)(=O)=O. The number of rotatable bonds is 10. The van der Waals surface area contributed by atoms with E-state index in [0.717, 1.165) is 27.0 Å². The van der Waals surface area contributed by atoms with Crippen molar-refractivity contribution < 1.29 is 27.5 Å². The molecular weight excluding hydrogens is 526 g/mol. The van der Waals surface area contributed by atoms with E-state index in [1.807, 2.05) is 31.2 Å². The molecule has 1 heterocycles. The van der Waals surface area contributed by atoms with E-state index in [9.17, 15) is 18.0 Å². The summed E-state index contributed by atoms with van der Waals surface area (Å²) in [5, 5.41) is 2.80. The van der Waals surface area contributed by atoms with Crippen molar-refractivity contribution in [3.8, 4) is 11.5 Å². The number of hydrogen-bond donors (Lipinski definition) is 1. The second-order valence-corrected chi connectivity index (χ2v) is 10.7. The number of anilines is 1. The van der Waals surface area contributed by atoms with Gasteiger partial charge in [0, 0.05) is 23.6 Å². The van der Waals surface area contributed by atoms with E-state index >= 15 is 0 Å². The first-order valence-corrected chi connectivity index (χ1v) is 13.4. The fourth-order valence-corrected chi connectivity index (χ4v) is 4.52. The molecule has 1 atom stereocenters. The zero-order valence-electron chi connectivity index (χ0n) is 19.3. The molecule has 2 aromatic rings. The first kappa shape index (κ1) is 25.8. The standard InChI is InChI=1S/C23H28BrN3O6S/c1-4-11-25-23(29)16(2)26(13-17-5-7-18(24)8-6-17)22(28)14-27(34(3,30)31)19-9-10-20-21(12-19)33-15-32-20/h5-10,12,16H,4,11,13-15H2,1-3H3,(H,25,29). The van der Waals surface area contributed by atoms with Crippen LogP contribution in [-0.2, 0) is 26.2 Å². The molecule has 1 unspecified atom stereocenters. The fraction of sp³-hybridized carbons (Fsp3) is 0.391. The minimum Gasteiger partial charge on any atom is -0.454 e. The third kappa shape index (κ3) is 6.41. The second-order valence-electron chi connectivity index (χ2n) is 7.92. The van der Waals surface area contributed by atoms with Crippen LogP contribution < -0.4 is 19.1 Å². The number of fused-ring (bicyclic) bond motifs is 1. The third-order valence-corrected chi connectivity index (χ3v) is 6.98. The van der Waals surface area contributed by atoms with E-state index in [4.69, 9.17) is 9.47 Å². The minimum atomic E-state index is -3.82. The van der Waals surface area contributed by atoms with Crippen LogP contribution in [0.3, 0.4) is 0 Å². The van der Waals surface area contributed by atoms with Crippen LogP contribution in [0.4, 0.5) is 5.69 Å². The number of carbonyl (C=O) groups is 2. The number of sulfonamides is 1. The van der Waals surface area contributed by atoms with E-state index in [-0.39, 0.29) is 24.9 Å². The fourth-order valence-electron chi connectivity index (χ4n) is 3.42. The predicted molar refractivity (Wildman–Crippen MR) is 132 cm³/mol. The summed E-state index contributed by atoms with van der Waals surface area (Å²) < 4.78 is 37.8. The monoisotopic (exact) mass is 553 g/mol. The van der Waals surface area contributed by atoms with Gasteiger partial charge in [0.25, 0.3) is 0 Å². The maximum Gasteiger partial charge on any atom is 0.244 e. The zero-order valence-corrected chi connectivity index (χ0v) is 21.7. The van der Waals surface area contributed by atoms with Crippen LogP contribution >= 0.6 is 15.9 Å². The first-order valence-electron chi connectivity index (χ1n) is 10.8. The molecule has 0 spiro atoms. The van der Waals surface area contributed by atoms with Crippen molar-refractivity contribution in [2.45, 2.75) is 32.9 Å². The molecule has 2 aromatic carbocycles. The highest BCUT2D eigenvalue weighted by Gasteiger charge is 2.30. The number of nitrogens with one attached hydrogen (secondary N) is 1. The average molecular weight is 554 g/mol. The number of amides is 2. The van der Waals surface area contributed by atoms with Crippen molar-refractivity contribution in [2.24, 2.45) is 0 Å². The molecule has 0 saturated carbocycles. The molecule has 0 saturated heterocycles. The molecule has 0 fully saturated rings. The van der Waals surface area contributed by atoms with E-state index in [1.165, 1.54) is 11.0 Å². The van der Waals surface area contributed by atoms with Gasteiger partial charge in [0.15, 0.2) is 11.5 Å². The van der Waals surface area contributed by atoms with Crippen LogP contribution in [0.1, 0.15) is 25.8 Å². The Balaban J connectivity index is 1.89. The van der Waals surface area contributed by atoms with E-state index in [1.54, 1.807) is 19.1 Å². The second kappa shape index (κ2) is 11.1.